The Bertz CT molecular complexity index is 1230. The van der Waals surface area contributed by atoms with E-state index in [-0.39, 0.29) is 11.4 Å². The summed E-state index contributed by atoms with van der Waals surface area (Å²) in [5.74, 6) is -2.24. The molecule has 0 aliphatic carbocycles. The highest BCUT2D eigenvalue weighted by Gasteiger charge is 2.14. The number of benzene rings is 3. The molecule has 0 fully saturated rings. The van der Waals surface area contributed by atoms with Crippen LogP contribution in [0.15, 0.2) is 76.3 Å². The Kier molecular flexibility index (Phi) is 9.08. The zero-order chi connectivity index (χ0) is 25.2. The average molecular weight is 542 g/mol. The second-order valence-corrected chi connectivity index (χ2v) is 8.02. The number of ether oxygens (including phenoxy) is 2. The van der Waals surface area contributed by atoms with Crippen LogP contribution in [-0.2, 0) is 9.59 Å². The molecule has 0 spiro atoms. The molecule has 2 amide bonds. The van der Waals surface area contributed by atoms with E-state index in [1.807, 2.05) is 6.92 Å². The summed E-state index contributed by atoms with van der Waals surface area (Å²) in [5, 5.41) is 6.09. The van der Waals surface area contributed by atoms with E-state index >= 15 is 0 Å². The van der Waals surface area contributed by atoms with Crippen molar-refractivity contribution in [3.05, 3.63) is 88.1 Å². The van der Waals surface area contributed by atoms with Crippen LogP contribution in [0.2, 0.25) is 0 Å². The Morgan fingerprint density at radius 3 is 2.40 bits per heavy atom. The number of hydrogen-bond acceptors (Lipinski definition) is 6. The highest BCUT2D eigenvalue weighted by atomic mass is 79.9. The number of carbonyl (C=O) groups is 3. The van der Waals surface area contributed by atoms with Gasteiger partial charge in [0.05, 0.1) is 18.4 Å². The van der Waals surface area contributed by atoms with Crippen LogP contribution in [0.4, 0.5) is 10.1 Å². The fourth-order valence-corrected chi connectivity index (χ4v) is 3.09. The number of halogens is 2. The van der Waals surface area contributed by atoms with E-state index in [2.05, 4.69) is 31.8 Å². The van der Waals surface area contributed by atoms with Crippen LogP contribution in [-0.4, -0.2) is 30.6 Å². The van der Waals surface area contributed by atoms with Crippen LogP contribution in [0, 0.1) is 5.82 Å². The molecular weight excluding hydrogens is 521 g/mol. The number of rotatable bonds is 8. The lowest BCUT2D eigenvalue weighted by atomic mass is 10.2. The Morgan fingerprint density at radius 1 is 1.00 bits per heavy atom. The first kappa shape index (κ1) is 25.6. The predicted molar refractivity (Wildman–Crippen MR) is 132 cm³/mol. The van der Waals surface area contributed by atoms with Crippen molar-refractivity contribution in [3.8, 4) is 11.5 Å². The van der Waals surface area contributed by atoms with Gasteiger partial charge >= 0.3 is 17.8 Å². The van der Waals surface area contributed by atoms with Crippen LogP contribution in [0.5, 0.6) is 11.5 Å². The van der Waals surface area contributed by atoms with E-state index in [1.54, 1.807) is 42.5 Å². The molecule has 180 valence electrons. The molecule has 0 aliphatic rings. The molecule has 0 saturated heterocycles. The van der Waals surface area contributed by atoms with E-state index in [4.69, 9.17) is 9.47 Å². The van der Waals surface area contributed by atoms with Gasteiger partial charge in [0, 0.05) is 15.7 Å². The minimum absolute atomic E-state index is 0.193. The van der Waals surface area contributed by atoms with Crippen LogP contribution < -0.4 is 20.2 Å². The summed E-state index contributed by atoms with van der Waals surface area (Å²) in [6.07, 6.45) is 2.11. The van der Waals surface area contributed by atoms with E-state index in [9.17, 15) is 18.8 Å². The van der Waals surface area contributed by atoms with Gasteiger partial charge in [0.15, 0.2) is 0 Å². The summed E-state index contributed by atoms with van der Waals surface area (Å²) < 4.78 is 24.6. The Balaban J connectivity index is 1.63. The van der Waals surface area contributed by atoms with Gasteiger partial charge in [-0.2, -0.15) is 5.10 Å². The van der Waals surface area contributed by atoms with Crippen molar-refractivity contribution in [2.75, 3.05) is 11.9 Å². The van der Waals surface area contributed by atoms with Crippen molar-refractivity contribution in [2.45, 2.75) is 13.3 Å². The van der Waals surface area contributed by atoms with E-state index in [0.717, 1.165) is 18.6 Å². The molecule has 35 heavy (non-hydrogen) atoms. The lowest BCUT2D eigenvalue weighted by Gasteiger charge is -2.09. The van der Waals surface area contributed by atoms with Crippen LogP contribution in [0.3, 0.4) is 0 Å². The third kappa shape index (κ3) is 7.75. The SMILES string of the molecule is CCCOc1ccc(C(=O)Oc2ccc(Br)cc2/C=N\NC(=O)C(=O)Nc2ccc(F)cc2)cc1. The summed E-state index contributed by atoms with van der Waals surface area (Å²) in [5.41, 5.74) is 3.04. The van der Waals surface area contributed by atoms with Gasteiger partial charge in [0.2, 0.25) is 0 Å². The van der Waals surface area contributed by atoms with E-state index in [0.29, 0.717) is 28.0 Å². The molecule has 2 N–H and O–H groups in total. The Hall–Kier alpha value is -4.05. The third-order valence-electron chi connectivity index (χ3n) is 4.42. The maximum Gasteiger partial charge on any atom is 0.343 e. The average Bonchev–Trinajstić information content (AvgIpc) is 2.85. The smallest absolute Gasteiger partial charge is 0.343 e. The second-order valence-electron chi connectivity index (χ2n) is 7.10. The van der Waals surface area contributed by atoms with Crippen LogP contribution >= 0.6 is 15.9 Å². The second kappa shape index (κ2) is 12.4. The van der Waals surface area contributed by atoms with Crippen molar-refractivity contribution < 1.29 is 28.2 Å². The number of carbonyl (C=O) groups excluding carboxylic acids is 3. The molecule has 0 aromatic heterocycles. The zero-order valence-electron chi connectivity index (χ0n) is 18.6. The standard InChI is InChI=1S/C25H21BrFN3O5/c1-2-13-34-21-10-3-16(4-11-21)25(33)35-22-12-5-18(26)14-17(22)15-28-30-24(32)23(31)29-20-8-6-19(27)7-9-20/h3-12,14-15H,2,13H2,1H3,(H,29,31)(H,30,32)/b28-15-. The van der Waals surface area contributed by atoms with Crippen molar-refractivity contribution in [1.82, 2.24) is 5.43 Å². The van der Waals surface area contributed by atoms with Crippen molar-refractivity contribution in [3.63, 3.8) is 0 Å². The fraction of sp³-hybridized carbons (Fsp3) is 0.120. The number of amides is 2. The lowest BCUT2D eigenvalue weighted by Crippen LogP contribution is -2.32. The fourth-order valence-electron chi connectivity index (χ4n) is 2.71. The number of nitrogens with one attached hydrogen (secondary N) is 2. The molecule has 0 atom stereocenters. The van der Waals surface area contributed by atoms with Gasteiger partial charge in [-0.05, 0) is 73.2 Å². The Morgan fingerprint density at radius 2 is 1.71 bits per heavy atom. The van der Waals surface area contributed by atoms with Gasteiger partial charge in [-0.3, -0.25) is 9.59 Å². The Labute approximate surface area is 209 Å². The van der Waals surface area contributed by atoms with Gasteiger partial charge < -0.3 is 14.8 Å². The van der Waals surface area contributed by atoms with Gasteiger partial charge in [-0.25, -0.2) is 14.6 Å². The van der Waals surface area contributed by atoms with Crippen molar-refractivity contribution in [1.29, 1.82) is 0 Å². The first-order valence-corrected chi connectivity index (χ1v) is 11.3. The monoisotopic (exact) mass is 541 g/mol. The molecule has 0 bridgehead atoms. The van der Waals surface area contributed by atoms with E-state index < -0.39 is 23.6 Å². The summed E-state index contributed by atoms with van der Waals surface area (Å²) in [7, 11) is 0. The number of esters is 1. The maximum atomic E-state index is 13.0. The zero-order valence-corrected chi connectivity index (χ0v) is 20.2. The number of nitrogens with zero attached hydrogens (tertiary/aromatic N) is 1. The molecule has 3 aromatic carbocycles. The van der Waals surface area contributed by atoms with Gasteiger partial charge in [-0.1, -0.05) is 22.9 Å². The molecule has 3 rings (SSSR count). The lowest BCUT2D eigenvalue weighted by molar-refractivity contribution is -0.136. The molecular formula is C25H21BrFN3O5. The van der Waals surface area contributed by atoms with E-state index in [1.165, 1.54) is 18.3 Å². The van der Waals surface area contributed by atoms with Gasteiger partial charge in [-0.15, -0.1) is 0 Å². The van der Waals surface area contributed by atoms with Crippen LogP contribution in [0.25, 0.3) is 0 Å². The number of hydrazone groups is 1. The molecule has 0 aliphatic heterocycles. The molecule has 3 aromatic rings. The summed E-state index contributed by atoms with van der Waals surface area (Å²) in [6, 6.07) is 16.4. The molecule has 0 unspecified atom stereocenters. The molecule has 8 nitrogen and oxygen atoms in total. The number of hydrogen-bond donors (Lipinski definition) is 2. The summed E-state index contributed by atoms with van der Waals surface area (Å²) in [4.78, 5) is 36.5. The van der Waals surface area contributed by atoms with Crippen molar-refractivity contribution >= 4 is 45.6 Å². The summed E-state index contributed by atoms with van der Waals surface area (Å²) in [6.45, 7) is 2.58. The quantitative estimate of drug-likeness (QED) is 0.141. The highest BCUT2D eigenvalue weighted by Crippen LogP contribution is 2.23. The largest absolute Gasteiger partial charge is 0.494 e. The maximum absolute atomic E-state index is 13.0. The first-order chi connectivity index (χ1) is 16.9. The normalized spacial score (nSPS) is 10.6. The number of anilines is 1. The van der Waals surface area contributed by atoms with Crippen LogP contribution in [0.1, 0.15) is 29.3 Å². The molecule has 0 saturated carbocycles. The highest BCUT2D eigenvalue weighted by molar-refractivity contribution is 9.10. The van der Waals surface area contributed by atoms with Gasteiger partial charge in [0.25, 0.3) is 0 Å². The first-order valence-electron chi connectivity index (χ1n) is 10.5. The van der Waals surface area contributed by atoms with Gasteiger partial charge in [0.1, 0.15) is 17.3 Å². The summed E-state index contributed by atoms with van der Waals surface area (Å²) >= 11 is 3.33. The molecule has 0 radical (unpaired) electrons. The molecule has 0 heterocycles. The minimum atomic E-state index is -1.04. The molecule has 10 heteroatoms. The minimum Gasteiger partial charge on any atom is -0.494 e. The predicted octanol–water partition coefficient (Wildman–Crippen LogP) is 4.69. The third-order valence-corrected chi connectivity index (χ3v) is 4.91. The topological polar surface area (TPSA) is 106 Å². The van der Waals surface area contributed by atoms with Crippen molar-refractivity contribution in [2.24, 2.45) is 5.10 Å².